The van der Waals surface area contributed by atoms with Crippen molar-refractivity contribution in [1.82, 2.24) is 9.80 Å². The summed E-state index contributed by atoms with van der Waals surface area (Å²) >= 11 is 0. The van der Waals surface area contributed by atoms with Crippen LogP contribution < -0.4 is 5.32 Å². The van der Waals surface area contributed by atoms with Crippen LogP contribution in [0.2, 0.25) is 0 Å². The minimum atomic E-state index is -0.302. The SMILES string of the molecule is Cc1cccc(C)c1NC(=O)CN1CCN(C(=O)C2(c3ccccc3)CC2)CC1. The molecule has 1 aliphatic heterocycles. The van der Waals surface area contributed by atoms with E-state index in [2.05, 4.69) is 22.3 Å². The molecule has 1 aliphatic carbocycles. The topological polar surface area (TPSA) is 52.7 Å². The number of carbonyl (C=O) groups is 2. The lowest BCUT2D eigenvalue weighted by atomic mass is 9.94. The molecule has 5 heteroatoms. The Morgan fingerprint density at radius 3 is 2.10 bits per heavy atom. The molecular weight excluding hydrogens is 362 g/mol. The van der Waals surface area contributed by atoms with Crippen LogP contribution in [0.3, 0.4) is 0 Å². The highest BCUT2D eigenvalue weighted by Gasteiger charge is 2.53. The van der Waals surface area contributed by atoms with Gasteiger partial charge in [-0.1, -0.05) is 48.5 Å². The molecule has 5 nitrogen and oxygen atoms in total. The van der Waals surface area contributed by atoms with Crippen molar-refractivity contribution in [2.75, 3.05) is 38.0 Å². The standard InChI is InChI=1S/C24H29N3O2/c1-18-7-6-8-19(2)22(18)25-21(28)17-26-13-15-27(16-14-26)23(29)24(11-12-24)20-9-4-3-5-10-20/h3-10H,11-17H2,1-2H3,(H,25,28). The fourth-order valence-corrected chi connectivity index (χ4v) is 4.31. The smallest absolute Gasteiger partial charge is 0.238 e. The first-order valence-corrected chi connectivity index (χ1v) is 10.4. The highest BCUT2D eigenvalue weighted by molar-refractivity contribution is 5.94. The Hall–Kier alpha value is -2.66. The lowest BCUT2D eigenvalue weighted by molar-refractivity contribution is -0.135. The molecule has 2 amide bonds. The molecule has 0 spiro atoms. The number of hydrogen-bond acceptors (Lipinski definition) is 3. The number of piperazine rings is 1. The van der Waals surface area contributed by atoms with Crippen LogP contribution in [0.1, 0.15) is 29.5 Å². The van der Waals surface area contributed by atoms with Gasteiger partial charge in [-0.15, -0.1) is 0 Å². The Balaban J connectivity index is 1.31. The number of amides is 2. The normalized spacial score (nSPS) is 18.3. The van der Waals surface area contributed by atoms with Gasteiger partial charge in [-0.05, 0) is 43.4 Å². The molecule has 2 aliphatic rings. The Labute approximate surface area is 172 Å². The molecule has 0 radical (unpaired) electrons. The van der Waals surface area contributed by atoms with Crippen LogP contribution in [0.15, 0.2) is 48.5 Å². The third-order valence-electron chi connectivity index (χ3n) is 6.26. The molecule has 2 aromatic carbocycles. The molecule has 0 atom stereocenters. The quantitative estimate of drug-likeness (QED) is 0.852. The van der Waals surface area contributed by atoms with E-state index in [1.54, 1.807) is 0 Å². The van der Waals surface area contributed by atoms with E-state index in [9.17, 15) is 9.59 Å². The van der Waals surface area contributed by atoms with Crippen molar-refractivity contribution in [2.24, 2.45) is 0 Å². The van der Waals surface area contributed by atoms with Gasteiger partial charge in [0.05, 0.1) is 12.0 Å². The number of nitrogens with one attached hydrogen (secondary N) is 1. The maximum atomic E-state index is 13.2. The highest BCUT2D eigenvalue weighted by atomic mass is 16.2. The second-order valence-corrected chi connectivity index (χ2v) is 8.33. The fraction of sp³-hybridized carbons (Fsp3) is 0.417. The molecule has 0 aromatic heterocycles. The van der Waals surface area contributed by atoms with Crippen molar-refractivity contribution in [3.63, 3.8) is 0 Å². The lowest BCUT2D eigenvalue weighted by Crippen LogP contribution is -2.52. The first-order chi connectivity index (χ1) is 14.0. The molecule has 152 valence electrons. The molecule has 2 aromatic rings. The largest absolute Gasteiger partial charge is 0.339 e. The molecule has 1 saturated heterocycles. The Morgan fingerprint density at radius 1 is 0.897 bits per heavy atom. The zero-order chi connectivity index (χ0) is 20.4. The predicted molar refractivity (Wildman–Crippen MR) is 115 cm³/mol. The summed E-state index contributed by atoms with van der Waals surface area (Å²) in [5.41, 5.74) is 3.89. The molecule has 4 rings (SSSR count). The molecule has 1 N–H and O–H groups in total. The first-order valence-electron chi connectivity index (χ1n) is 10.4. The summed E-state index contributed by atoms with van der Waals surface area (Å²) in [7, 11) is 0. The first kappa shape index (κ1) is 19.6. The van der Waals surface area contributed by atoms with Crippen molar-refractivity contribution in [1.29, 1.82) is 0 Å². The van der Waals surface area contributed by atoms with Gasteiger partial charge in [0.25, 0.3) is 0 Å². The summed E-state index contributed by atoms with van der Waals surface area (Å²) in [5, 5.41) is 3.05. The van der Waals surface area contributed by atoms with Crippen LogP contribution in [0, 0.1) is 13.8 Å². The van der Waals surface area contributed by atoms with E-state index >= 15 is 0 Å². The monoisotopic (exact) mass is 391 g/mol. The lowest BCUT2D eigenvalue weighted by Gasteiger charge is -2.36. The Morgan fingerprint density at radius 2 is 1.52 bits per heavy atom. The summed E-state index contributed by atoms with van der Waals surface area (Å²) in [6.07, 6.45) is 1.88. The average molecular weight is 392 g/mol. The molecular formula is C24H29N3O2. The molecule has 29 heavy (non-hydrogen) atoms. The van der Waals surface area contributed by atoms with Crippen LogP contribution in [0.25, 0.3) is 0 Å². The summed E-state index contributed by atoms with van der Waals surface area (Å²) in [4.78, 5) is 29.8. The van der Waals surface area contributed by atoms with Crippen LogP contribution >= 0.6 is 0 Å². The van der Waals surface area contributed by atoms with Gasteiger partial charge >= 0.3 is 0 Å². The van der Waals surface area contributed by atoms with Crippen LogP contribution in [-0.2, 0) is 15.0 Å². The van der Waals surface area contributed by atoms with Crippen LogP contribution in [0.5, 0.6) is 0 Å². The zero-order valence-corrected chi connectivity index (χ0v) is 17.3. The number of hydrogen-bond donors (Lipinski definition) is 1. The predicted octanol–water partition coefficient (Wildman–Crippen LogP) is 3.12. The van der Waals surface area contributed by atoms with Gasteiger partial charge in [0.2, 0.25) is 11.8 Å². The maximum Gasteiger partial charge on any atom is 0.238 e. The number of para-hydroxylation sites is 1. The van der Waals surface area contributed by atoms with Crippen LogP contribution in [-0.4, -0.2) is 54.3 Å². The fourth-order valence-electron chi connectivity index (χ4n) is 4.31. The Bertz CT molecular complexity index is 877. The molecule has 0 unspecified atom stereocenters. The second kappa shape index (κ2) is 7.99. The van der Waals surface area contributed by atoms with Crippen molar-refractivity contribution < 1.29 is 9.59 Å². The van der Waals surface area contributed by atoms with Crippen molar-refractivity contribution in [3.05, 3.63) is 65.2 Å². The number of benzene rings is 2. The van der Waals surface area contributed by atoms with Crippen molar-refractivity contribution >= 4 is 17.5 Å². The number of rotatable bonds is 5. The van der Waals surface area contributed by atoms with E-state index in [0.29, 0.717) is 19.6 Å². The third-order valence-corrected chi connectivity index (χ3v) is 6.26. The van der Waals surface area contributed by atoms with Crippen molar-refractivity contribution in [3.8, 4) is 0 Å². The minimum absolute atomic E-state index is 0.00475. The minimum Gasteiger partial charge on any atom is -0.339 e. The number of anilines is 1. The van der Waals surface area contributed by atoms with Gasteiger partial charge in [-0.3, -0.25) is 14.5 Å². The van der Waals surface area contributed by atoms with E-state index in [0.717, 1.165) is 48.3 Å². The van der Waals surface area contributed by atoms with E-state index in [-0.39, 0.29) is 17.2 Å². The van der Waals surface area contributed by atoms with Gasteiger partial charge in [0.1, 0.15) is 0 Å². The van der Waals surface area contributed by atoms with E-state index < -0.39 is 0 Å². The van der Waals surface area contributed by atoms with Gasteiger partial charge in [-0.2, -0.15) is 0 Å². The Kier molecular flexibility index (Phi) is 5.41. The summed E-state index contributed by atoms with van der Waals surface area (Å²) < 4.78 is 0. The molecule has 1 heterocycles. The molecule has 1 saturated carbocycles. The molecule has 0 bridgehead atoms. The second-order valence-electron chi connectivity index (χ2n) is 8.33. The van der Waals surface area contributed by atoms with Crippen molar-refractivity contribution in [2.45, 2.75) is 32.1 Å². The number of nitrogens with zero attached hydrogens (tertiary/aromatic N) is 2. The summed E-state index contributed by atoms with van der Waals surface area (Å²) in [6.45, 7) is 7.21. The van der Waals surface area contributed by atoms with E-state index in [1.165, 1.54) is 0 Å². The average Bonchev–Trinajstić information content (AvgIpc) is 3.54. The van der Waals surface area contributed by atoms with E-state index in [4.69, 9.17) is 0 Å². The third kappa shape index (κ3) is 4.06. The summed E-state index contributed by atoms with van der Waals surface area (Å²) in [5.74, 6) is 0.258. The van der Waals surface area contributed by atoms with Crippen LogP contribution in [0.4, 0.5) is 5.69 Å². The summed E-state index contributed by atoms with van der Waals surface area (Å²) in [6, 6.07) is 16.2. The van der Waals surface area contributed by atoms with Gasteiger partial charge in [0, 0.05) is 31.9 Å². The van der Waals surface area contributed by atoms with E-state index in [1.807, 2.05) is 55.1 Å². The van der Waals surface area contributed by atoms with Gasteiger partial charge in [-0.25, -0.2) is 0 Å². The number of aryl methyl sites for hydroxylation is 2. The van der Waals surface area contributed by atoms with Gasteiger partial charge < -0.3 is 10.2 Å². The number of carbonyl (C=O) groups excluding carboxylic acids is 2. The zero-order valence-electron chi connectivity index (χ0n) is 17.3. The van der Waals surface area contributed by atoms with Gasteiger partial charge in [0.15, 0.2) is 0 Å². The maximum absolute atomic E-state index is 13.2. The highest BCUT2D eigenvalue weighted by Crippen LogP contribution is 2.49. The molecule has 2 fully saturated rings.